The van der Waals surface area contributed by atoms with Crippen LogP contribution in [0.5, 0.6) is 5.75 Å². The summed E-state index contributed by atoms with van der Waals surface area (Å²) in [6.07, 6.45) is -4.33. The zero-order valence-corrected chi connectivity index (χ0v) is 11.9. The van der Waals surface area contributed by atoms with Gasteiger partial charge in [0.2, 0.25) is 0 Å². The summed E-state index contributed by atoms with van der Waals surface area (Å²) in [5.41, 5.74) is 6.44. The minimum atomic E-state index is -4.33. The molecule has 0 bridgehead atoms. The first-order valence-electron chi connectivity index (χ1n) is 5.66. The molecule has 0 aliphatic carbocycles. The first-order chi connectivity index (χ1) is 8.83. The predicted molar refractivity (Wildman–Crippen MR) is 69.1 cm³/mol. The van der Waals surface area contributed by atoms with Crippen LogP contribution in [0.1, 0.15) is 18.5 Å². The van der Waals surface area contributed by atoms with Crippen molar-refractivity contribution in [2.75, 3.05) is 19.8 Å². The third kappa shape index (κ3) is 5.80. The number of alkyl halides is 3. The molecule has 0 saturated heterocycles. The number of hydrogen-bond donors (Lipinski definition) is 1. The Kier molecular flexibility index (Phi) is 6.09. The summed E-state index contributed by atoms with van der Waals surface area (Å²) in [5, 5.41) is 0. The van der Waals surface area contributed by atoms with Gasteiger partial charge in [-0.25, -0.2) is 0 Å². The molecule has 0 fully saturated rings. The Morgan fingerprint density at radius 1 is 1.37 bits per heavy atom. The summed E-state index contributed by atoms with van der Waals surface area (Å²) < 4.78 is 46.3. The normalized spacial score (nSPS) is 13.4. The van der Waals surface area contributed by atoms with Crippen LogP contribution in [0.25, 0.3) is 0 Å². The average molecular weight is 342 g/mol. The molecule has 3 nitrogen and oxygen atoms in total. The van der Waals surface area contributed by atoms with Gasteiger partial charge in [-0.1, -0.05) is 6.07 Å². The van der Waals surface area contributed by atoms with Crippen LogP contribution in [0.2, 0.25) is 0 Å². The van der Waals surface area contributed by atoms with Gasteiger partial charge in [-0.05, 0) is 40.5 Å². The van der Waals surface area contributed by atoms with Crippen LogP contribution in [-0.4, -0.2) is 26.0 Å². The molecule has 7 heteroatoms. The van der Waals surface area contributed by atoms with Gasteiger partial charge in [-0.15, -0.1) is 0 Å². The van der Waals surface area contributed by atoms with E-state index in [-0.39, 0.29) is 6.61 Å². The van der Waals surface area contributed by atoms with Gasteiger partial charge < -0.3 is 15.2 Å². The fraction of sp³-hybridized carbons (Fsp3) is 0.500. The van der Waals surface area contributed by atoms with Crippen LogP contribution in [0.3, 0.4) is 0 Å². The lowest BCUT2D eigenvalue weighted by Crippen LogP contribution is -2.23. The third-order valence-electron chi connectivity index (χ3n) is 2.25. The molecule has 19 heavy (non-hydrogen) atoms. The van der Waals surface area contributed by atoms with Gasteiger partial charge in [0.25, 0.3) is 0 Å². The van der Waals surface area contributed by atoms with E-state index in [9.17, 15) is 13.2 Å². The van der Waals surface area contributed by atoms with E-state index in [0.29, 0.717) is 22.4 Å². The smallest absolute Gasteiger partial charge is 0.411 e. The van der Waals surface area contributed by atoms with Gasteiger partial charge in [0, 0.05) is 0 Å². The van der Waals surface area contributed by atoms with E-state index >= 15 is 0 Å². The molecule has 2 N–H and O–H groups in total. The standard InChI is InChI=1S/C12H15BrF3NO2/c1-2-19-11-4-3-8(5-9(11)13)10(17)6-18-7-12(14,15)16/h3-5,10H,2,6-7,17H2,1H3. The molecule has 0 aliphatic heterocycles. The molecule has 0 amide bonds. The molecule has 108 valence electrons. The Hall–Kier alpha value is -0.790. The lowest BCUT2D eigenvalue weighted by atomic mass is 10.1. The summed E-state index contributed by atoms with van der Waals surface area (Å²) in [6, 6.07) is 4.52. The maximum Gasteiger partial charge on any atom is 0.411 e. The second kappa shape index (κ2) is 7.12. The molecule has 0 heterocycles. The molecule has 0 aromatic heterocycles. The zero-order valence-electron chi connectivity index (χ0n) is 10.3. The minimum absolute atomic E-state index is 0.195. The molecule has 1 rings (SSSR count). The lowest BCUT2D eigenvalue weighted by molar-refractivity contribution is -0.174. The molecule has 1 unspecified atom stereocenters. The summed E-state index contributed by atoms with van der Waals surface area (Å²) >= 11 is 3.31. The summed E-state index contributed by atoms with van der Waals surface area (Å²) in [6.45, 7) is 0.897. The first-order valence-corrected chi connectivity index (χ1v) is 6.45. The Bertz CT molecular complexity index is 412. The summed E-state index contributed by atoms with van der Waals surface area (Å²) in [5.74, 6) is 0.662. The number of nitrogens with two attached hydrogens (primary N) is 1. The SMILES string of the molecule is CCOc1ccc(C(N)COCC(F)(F)F)cc1Br. The Morgan fingerprint density at radius 2 is 2.05 bits per heavy atom. The molecular formula is C12H15BrF3NO2. The number of rotatable bonds is 6. The van der Waals surface area contributed by atoms with Crippen molar-refractivity contribution in [3.8, 4) is 5.75 Å². The number of ether oxygens (including phenoxy) is 2. The lowest BCUT2D eigenvalue weighted by Gasteiger charge is -2.15. The van der Waals surface area contributed by atoms with Crippen molar-refractivity contribution >= 4 is 15.9 Å². The van der Waals surface area contributed by atoms with E-state index in [1.807, 2.05) is 6.92 Å². The molecule has 1 aromatic rings. The van der Waals surface area contributed by atoms with Gasteiger partial charge in [0.15, 0.2) is 0 Å². The zero-order chi connectivity index (χ0) is 14.5. The van der Waals surface area contributed by atoms with E-state index in [4.69, 9.17) is 10.5 Å². The van der Waals surface area contributed by atoms with Crippen molar-refractivity contribution in [2.24, 2.45) is 5.73 Å². The molecule has 1 aromatic carbocycles. The summed E-state index contributed by atoms with van der Waals surface area (Å²) in [7, 11) is 0. The molecule has 0 radical (unpaired) electrons. The third-order valence-corrected chi connectivity index (χ3v) is 2.87. The monoisotopic (exact) mass is 341 g/mol. The minimum Gasteiger partial charge on any atom is -0.493 e. The highest BCUT2D eigenvalue weighted by molar-refractivity contribution is 9.10. The molecule has 1 atom stereocenters. The predicted octanol–water partition coefficient (Wildman–Crippen LogP) is 3.43. The van der Waals surface area contributed by atoms with E-state index in [1.54, 1.807) is 18.2 Å². The topological polar surface area (TPSA) is 44.5 Å². The van der Waals surface area contributed by atoms with Gasteiger partial charge >= 0.3 is 6.18 Å². The van der Waals surface area contributed by atoms with Crippen molar-refractivity contribution in [1.82, 2.24) is 0 Å². The quantitative estimate of drug-likeness (QED) is 0.862. The van der Waals surface area contributed by atoms with Crippen molar-refractivity contribution in [3.05, 3.63) is 28.2 Å². The Balaban J connectivity index is 2.57. The molecule has 0 aliphatic rings. The van der Waals surface area contributed by atoms with Crippen LogP contribution in [0.4, 0.5) is 13.2 Å². The van der Waals surface area contributed by atoms with E-state index in [1.165, 1.54) is 0 Å². The van der Waals surface area contributed by atoms with Gasteiger partial charge in [0.1, 0.15) is 12.4 Å². The van der Waals surface area contributed by atoms with E-state index in [0.717, 1.165) is 0 Å². The highest BCUT2D eigenvalue weighted by Gasteiger charge is 2.27. The largest absolute Gasteiger partial charge is 0.493 e. The van der Waals surface area contributed by atoms with Crippen LogP contribution in [0, 0.1) is 0 Å². The van der Waals surface area contributed by atoms with Crippen LogP contribution < -0.4 is 10.5 Å². The number of benzene rings is 1. The van der Waals surface area contributed by atoms with Crippen LogP contribution in [0.15, 0.2) is 22.7 Å². The van der Waals surface area contributed by atoms with Gasteiger partial charge in [-0.3, -0.25) is 0 Å². The molecule has 0 saturated carbocycles. The maximum atomic E-state index is 11.9. The fourth-order valence-corrected chi connectivity index (χ4v) is 1.93. The number of hydrogen-bond acceptors (Lipinski definition) is 3. The average Bonchev–Trinajstić information content (AvgIpc) is 2.30. The maximum absolute atomic E-state index is 11.9. The van der Waals surface area contributed by atoms with Crippen molar-refractivity contribution in [1.29, 1.82) is 0 Å². The highest BCUT2D eigenvalue weighted by atomic mass is 79.9. The van der Waals surface area contributed by atoms with Crippen molar-refractivity contribution in [2.45, 2.75) is 19.1 Å². The van der Waals surface area contributed by atoms with E-state index < -0.39 is 18.8 Å². The van der Waals surface area contributed by atoms with Crippen molar-refractivity contribution in [3.63, 3.8) is 0 Å². The Morgan fingerprint density at radius 3 is 2.58 bits per heavy atom. The second-order valence-electron chi connectivity index (χ2n) is 3.86. The second-order valence-corrected chi connectivity index (χ2v) is 4.71. The number of halogens is 4. The molecule has 0 spiro atoms. The Labute approximate surface area is 118 Å². The van der Waals surface area contributed by atoms with Gasteiger partial charge in [0.05, 0.1) is 23.7 Å². The fourth-order valence-electron chi connectivity index (χ4n) is 1.42. The van der Waals surface area contributed by atoms with E-state index in [2.05, 4.69) is 20.7 Å². The summed E-state index contributed by atoms with van der Waals surface area (Å²) in [4.78, 5) is 0. The molecular weight excluding hydrogens is 327 g/mol. The van der Waals surface area contributed by atoms with Crippen LogP contribution in [-0.2, 0) is 4.74 Å². The highest BCUT2D eigenvalue weighted by Crippen LogP contribution is 2.28. The van der Waals surface area contributed by atoms with Crippen molar-refractivity contribution < 1.29 is 22.6 Å². The first kappa shape index (κ1) is 16.3. The van der Waals surface area contributed by atoms with Crippen LogP contribution >= 0.6 is 15.9 Å². The van der Waals surface area contributed by atoms with Gasteiger partial charge in [-0.2, -0.15) is 13.2 Å².